The maximum Gasteiger partial charge on any atom is 0.328 e. The third-order valence-corrected chi connectivity index (χ3v) is 8.69. The summed E-state index contributed by atoms with van der Waals surface area (Å²) in [4.78, 5) is 38.6. The molecule has 0 saturated heterocycles. The minimum Gasteiger partial charge on any atom is -0.508 e. The predicted molar refractivity (Wildman–Crippen MR) is 177 cm³/mol. The molecule has 0 radical (unpaired) electrons. The maximum atomic E-state index is 13.1. The van der Waals surface area contributed by atoms with Crippen molar-refractivity contribution in [3.8, 4) is 11.5 Å². The number of aromatic hydroxyl groups is 2. The Labute approximate surface area is 272 Å². The zero-order valence-corrected chi connectivity index (χ0v) is 27.4. The van der Waals surface area contributed by atoms with Crippen molar-refractivity contribution in [2.75, 3.05) is 12.4 Å². The molecular formula is C36H50N2O8. The Morgan fingerprint density at radius 3 is 2.50 bits per heavy atom. The van der Waals surface area contributed by atoms with Crippen LogP contribution in [0.1, 0.15) is 77.7 Å². The molecule has 1 aliphatic carbocycles. The largest absolute Gasteiger partial charge is 0.508 e. The number of amides is 2. The molecule has 5 atom stereocenters. The molecule has 1 heterocycles. The molecule has 2 amide bonds. The van der Waals surface area contributed by atoms with Crippen molar-refractivity contribution in [3.63, 3.8) is 0 Å². The number of ether oxygens (including phenoxy) is 2. The van der Waals surface area contributed by atoms with Gasteiger partial charge in [-0.3, -0.25) is 9.59 Å². The summed E-state index contributed by atoms with van der Waals surface area (Å²) in [5.74, 6) is -1.90. The number of nitrogens with one attached hydrogen (secondary N) is 2. The lowest BCUT2D eigenvalue weighted by atomic mass is 9.88. The van der Waals surface area contributed by atoms with Crippen LogP contribution in [0.25, 0.3) is 0 Å². The molecule has 3 rings (SSSR count). The number of carbonyl (C=O) groups excluding carboxylic acids is 3. The van der Waals surface area contributed by atoms with Gasteiger partial charge >= 0.3 is 5.97 Å². The predicted octanol–water partition coefficient (Wildman–Crippen LogP) is 5.39. The highest BCUT2D eigenvalue weighted by atomic mass is 16.5. The quantitative estimate of drug-likeness (QED) is 0.125. The highest BCUT2D eigenvalue weighted by Gasteiger charge is 2.31. The van der Waals surface area contributed by atoms with Crippen molar-refractivity contribution in [1.82, 2.24) is 5.32 Å². The van der Waals surface area contributed by atoms with E-state index in [0.29, 0.717) is 30.4 Å². The van der Waals surface area contributed by atoms with Crippen molar-refractivity contribution in [2.24, 2.45) is 11.8 Å². The van der Waals surface area contributed by atoms with Crippen LogP contribution in [0.5, 0.6) is 11.5 Å². The Morgan fingerprint density at radius 2 is 1.78 bits per heavy atom. The number of aliphatic hydroxyl groups is 1. The van der Waals surface area contributed by atoms with Crippen LogP contribution in [0.15, 0.2) is 60.2 Å². The lowest BCUT2D eigenvalue weighted by molar-refractivity contribution is -0.156. The summed E-state index contributed by atoms with van der Waals surface area (Å²) in [5.41, 5.74) is 1.19. The number of anilines is 1. The number of methoxy groups -OCH3 is 1. The van der Waals surface area contributed by atoms with Gasteiger partial charge in [0.05, 0.1) is 24.3 Å². The first kappa shape index (κ1) is 36.6. The number of rotatable bonds is 5. The first-order chi connectivity index (χ1) is 22.0. The molecule has 0 unspecified atom stereocenters. The smallest absolute Gasteiger partial charge is 0.328 e. The number of hydrogen-bond donors (Lipinski definition) is 5. The molecule has 0 aromatic heterocycles. The van der Waals surface area contributed by atoms with Crippen LogP contribution in [-0.4, -0.2) is 64.6 Å². The van der Waals surface area contributed by atoms with E-state index in [2.05, 4.69) is 10.6 Å². The number of aryl methyl sites for hydroxylation is 1. The van der Waals surface area contributed by atoms with Crippen molar-refractivity contribution < 1.29 is 39.2 Å². The van der Waals surface area contributed by atoms with Gasteiger partial charge in [-0.15, -0.1) is 0 Å². The molecule has 5 N–H and O–H groups in total. The van der Waals surface area contributed by atoms with E-state index in [9.17, 15) is 29.7 Å². The number of phenols is 2. The fourth-order valence-corrected chi connectivity index (χ4v) is 5.76. The Morgan fingerprint density at radius 1 is 1.07 bits per heavy atom. The number of aliphatic hydroxyl groups excluding tert-OH is 1. The number of phenolic OH excluding ortho intramolecular Hbond substituents is 2. The summed E-state index contributed by atoms with van der Waals surface area (Å²) in [6.45, 7) is 5.22. The van der Waals surface area contributed by atoms with Crippen molar-refractivity contribution in [3.05, 3.63) is 65.8 Å². The van der Waals surface area contributed by atoms with Crippen LogP contribution >= 0.6 is 0 Å². The molecule has 1 fully saturated rings. The van der Waals surface area contributed by atoms with E-state index in [-0.39, 0.29) is 35.4 Å². The fraction of sp³-hybridized carbons (Fsp3) is 0.528. The Bertz CT molecular complexity index is 1310. The lowest BCUT2D eigenvalue weighted by Crippen LogP contribution is -2.45. The van der Waals surface area contributed by atoms with E-state index < -0.39 is 42.1 Å². The number of allylic oxidation sites excluding steroid dienone is 5. The second kappa shape index (κ2) is 18.3. The average molecular weight is 639 g/mol. The third kappa shape index (κ3) is 11.2. The molecular weight excluding hydrogens is 588 g/mol. The van der Waals surface area contributed by atoms with E-state index in [4.69, 9.17) is 9.47 Å². The normalized spacial score (nSPS) is 27.8. The van der Waals surface area contributed by atoms with Gasteiger partial charge in [-0.05, 0) is 56.7 Å². The van der Waals surface area contributed by atoms with E-state index in [0.717, 1.165) is 32.1 Å². The molecule has 10 heteroatoms. The van der Waals surface area contributed by atoms with Crippen LogP contribution < -0.4 is 10.6 Å². The highest BCUT2D eigenvalue weighted by Crippen LogP contribution is 2.34. The van der Waals surface area contributed by atoms with Gasteiger partial charge < -0.3 is 35.4 Å². The van der Waals surface area contributed by atoms with Gasteiger partial charge in [-0.25, -0.2) is 4.79 Å². The van der Waals surface area contributed by atoms with E-state index in [1.165, 1.54) is 19.2 Å². The Kier molecular flexibility index (Phi) is 14.6. The molecule has 1 saturated carbocycles. The maximum absolute atomic E-state index is 13.1. The van der Waals surface area contributed by atoms with Gasteiger partial charge in [-0.2, -0.15) is 0 Å². The van der Waals surface area contributed by atoms with Crippen LogP contribution in [0.4, 0.5) is 5.69 Å². The minimum absolute atomic E-state index is 0.00853. The average Bonchev–Trinajstić information content (AvgIpc) is 3.04. The van der Waals surface area contributed by atoms with Gasteiger partial charge in [-0.1, -0.05) is 68.7 Å². The Hall–Kier alpha value is -3.89. The molecule has 10 nitrogen and oxygen atoms in total. The van der Waals surface area contributed by atoms with Gasteiger partial charge in [0.15, 0.2) is 0 Å². The first-order valence-corrected chi connectivity index (χ1v) is 16.2. The molecule has 252 valence electrons. The summed E-state index contributed by atoms with van der Waals surface area (Å²) in [6.07, 6.45) is 16.2. The van der Waals surface area contributed by atoms with Crippen LogP contribution in [0.3, 0.4) is 0 Å². The van der Waals surface area contributed by atoms with Gasteiger partial charge in [0.25, 0.3) is 0 Å². The summed E-state index contributed by atoms with van der Waals surface area (Å²) in [6, 6.07) is 1.89. The summed E-state index contributed by atoms with van der Waals surface area (Å²) >= 11 is 0. The number of benzene rings is 1. The first-order valence-electron chi connectivity index (χ1n) is 16.2. The minimum atomic E-state index is -0.940. The summed E-state index contributed by atoms with van der Waals surface area (Å²) in [7, 11) is 1.49. The zero-order valence-electron chi connectivity index (χ0n) is 27.4. The van der Waals surface area contributed by atoms with Gasteiger partial charge in [0.2, 0.25) is 11.8 Å². The molecule has 46 heavy (non-hydrogen) atoms. The van der Waals surface area contributed by atoms with Gasteiger partial charge in [0, 0.05) is 31.4 Å². The second-order valence-corrected chi connectivity index (χ2v) is 12.3. The molecule has 2 aliphatic rings. The van der Waals surface area contributed by atoms with Crippen LogP contribution in [0.2, 0.25) is 0 Å². The monoisotopic (exact) mass is 638 g/mol. The lowest BCUT2D eigenvalue weighted by Gasteiger charge is -2.29. The van der Waals surface area contributed by atoms with Gasteiger partial charge in [0.1, 0.15) is 23.6 Å². The number of hydrogen-bond acceptors (Lipinski definition) is 8. The molecule has 1 aromatic carbocycles. The standard InChI is InChI=1S/C36H50N2O8/c1-23-14-13-17-27-20-28(39)21-30(34(27)42)38-32(40)22-29(45-4)18-11-6-5-7-12-19-31(24(2)33(23)41)46-36(44)25(3)37-35(43)26-15-9-8-10-16-26/h5-7,11-12,14,18,20-21,24-26,29,31,33,39,41-42H,8-10,13,15-17,19,22H2,1-4H3,(H,37,43)(H,38,40)/b6-5+,12-7+,18-11-,23-14-/t24-,25-,29+,31+,33+/m1/s1. The third-order valence-electron chi connectivity index (χ3n) is 8.69. The highest BCUT2D eigenvalue weighted by molar-refractivity contribution is 5.93. The van der Waals surface area contributed by atoms with E-state index in [1.54, 1.807) is 44.2 Å². The fourth-order valence-electron chi connectivity index (χ4n) is 5.76. The van der Waals surface area contributed by atoms with E-state index in [1.807, 2.05) is 19.1 Å². The number of fused-ring (bicyclic) bond motifs is 2. The topological polar surface area (TPSA) is 154 Å². The molecule has 0 spiro atoms. The van der Waals surface area contributed by atoms with Crippen molar-refractivity contribution in [1.29, 1.82) is 0 Å². The number of carbonyl (C=O) groups is 3. The van der Waals surface area contributed by atoms with Crippen molar-refractivity contribution in [2.45, 2.75) is 103 Å². The molecule has 2 bridgehead atoms. The zero-order chi connectivity index (χ0) is 33.6. The molecule has 1 aliphatic heterocycles. The van der Waals surface area contributed by atoms with Crippen LogP contribution in [-0.2, 0) is 30.3 Å². The van der Waals surface area contributed by atoms with E-state index >= 15 is 0 Å². The SMILES string of the molecule is CO[C@H]1\C=C/C=C/C=C/C[C@H](OC(=O)[C@@H](C)NC(=O)C2CCCCC2)[C@@H](C)[C@@H](O)/C(C)=C\CCc2cc(O)cc(c2O)NC(=O)C1. The van der Waals surface area contributed by atoms with Crippen LogP contribution in [0, 0.1) is 11.8 Å². The number of esters is 1. The Balaban J connectivity index is 1.82. The summed E-state index contributed by atoms with van der Waals surface area (Å²) < 4.78 is 11.3. The molecule has 1 aromatic rings. The second-order valence-electron chi connectivity index (χ2n) is 12.3. The van der Waals surface area contributed by atoms with Crippen molar-refractivity contribution >= 4 is 23.5 Å². The summed E-state index contributed by atoms with van der Waals surface area (Å²) in [5, 5.41) is 37.8.